The molecule has 21 heavy (non-hydrogen) atoms. The number of nitrogens with two attached hydrogens (primary N) is 1. The van der Waals surface area contributed by atoms with Gasteiger partial charge in [-0.25, -0.2) is 0 Å². The van der Waals surface area contributed by atoms with Crippen molar-refractivity contribution in [2.75, 3.05) is 18.2 Å². The number of aryl methyl sites for hydroxylation is 1. The fourth-order valence-electron chi connectivity index (χ4n) is 3.17. The first kappa shape index (κ1) is 13.9. The van der Waals surface area contributed by atoms with Gasteiger partial charge in [-0.1, -0.05) is 0 Å². The molecule has 112 valence electrons. The molecule has 1 heterocycles. The molecule has 0 aliphatic heterocycles. The molecule has 0 amide bonds. The maximum atomic E-state index is 12.1. The monoisotopic (exact) mass is 287 g/mol. The number of hydrogen-bond donors (Lipinski definition) is 2. The molecule has 1 aliphatic carbocycles. The Morgan fingerprint density at radius 1 is 1.33 bits per heavy atom. The molecule has 5 heteroatoms. The van der Waals surface area contributed by atoms with Crippen molar-refractivity contribution in [2.24, 2.45) is 7.05 Å². The lowest BCUT2D eigenvalue weighted by Crippen LogP contribution is -2.30. The van der Waals surface area contributed by atoms with E-state index in [-0.39, 0.29) is 17.7 Å². The normalized spacial score (nSPS) is 21.8. The van der Waals surface area contributed by atoms with Crippen LogP contribution < -0.4 is 16.6 Å². The zero-order chi connectivity index (χ0) is 15.0. The van der Waals surface area contributed by atoms with Gasteiger partial charge >= 0.3 is 0 Å². The van der Waals surface area contributed by atoms with Crippen LogP contribution in [0.25, 0.3) is 10.9 Å². The number of hydrogen-bond acceptors (Lipinski definition) is 4. The minimum absolute atomic E-state index is 0.0262. The summed E-state index contributed by atoms with van der Waals surface area (Å²) in [5.74, 6) is 0. The molecule has 0 bridgehead atoms. The number of benzene rings is 1. The second-order valence-electron chi connectivity index (χ2n) is 5.69. The van der Waals surface area contributed by atoms with E-state index in [0.29, 0.717) is 5.69 Å². The van der Waals surface area contributed by atoms with Crippen LogP contribution in [0.5, 0.6) is 0 Å². The zero-order valence-corrected chi connectivity index (χ0v) is 12.4. The summed E-state index contributed by atoms with van der Waals surface area (Å²) in [6, 6.07) is 7.51. The van der Waals surface area contributed by atoms with Gasteiger partial charge in [0.25, 0.3) is 5.56 Å². The Balaban J connectivity index is 2.07. The van der Waals surface area contributed by atoms with E-state index in [1.54, 1.807) is 24.8 Å². The van der Waals surface area contributed by atoms with Gasteiger partial charge in [-0.3, -0.25) is 4.79 Å². The van der Waals surface area contributed by atoms with Crippen molar-refractivity contribution in [1.29, 1.82) is 0 Å². The summed E-state index contributed by atoms with van der Waals surface area (Å²) in [5.41, 5.74) is 8.29. The van der Waals surface area contributed by atoms with Crippen LogP contribution >= 0.6 is 0 Å². The second kappa shape index (κ2) is 5.41. The van der Waals surface area contributed by atoms with Crippen molar-refractivity contribution in [3.8, 4) is 0 Å². The summed E-state index contributed by atoms with van der Waals surface area (Å²) in [6.07, 6.45) is 3.45. The smallest absolute Gasteiger partial charge is 0.252 e. The quantitative estimate of drug-likeness (QED) is 0.848. The van der Waals surface area contributed by atoms with Crippen LogP contribution in [0.4, 0.5) is 11.4 Å². The molecular formula is C16H21N3O2. The number of nitrogens with zero attached hydrogens (tertiary/aromatic N) is 1. The van der Waals surface area contributed by atoms with Gasteiger partial charge in [-0.15, -0.1) is 0 Å². The number of pyridine rings is 1. The summed E-state index contributed by atoms with van der Waals surface area (Å²) in [7, 11) is 3.52. The topological polar surface area (TPSA) is 69.3 Å². The molecule has 0 saturated heterocycles. The van der Waals surface area contributed by atoms with Crippen LogP contribution in [0, 0.1) is 0 Å². The molecule has 2 atom stereocenters. The van der Waals surface area contributed by atoms with E-state index in [1.807, 2.05) is 18.2 Å². The third-order valence-electron chi connectivity index (χ3n) is 4.37. The van der Waals surface area contributed by atoms with Gasteiger partial charge in [0.1, 0.15) is 0 Å². The van der Waals surface area contributed by atoms with E-state index in [9.17, 15) is 4.79 Å². The lowest BCUT2D eigenvalue weighted by molar-refractivity contribution is 0.101. The van der Waals surface area contributed by atoms with Crippen molar-refractivity contribution in [3.05, 3.63) is 34.6 Å². The Labute approximate surface area is 123 Å². The maximum Gasteiger partial charge on any atom is 0.252 e. The number of aromatic nitrogens is 1. The van der Waals surface area contributed by atoms with Gasteiger partial charge in [-0.2, -0.15) is 0 Å². The van der Waals surface area contributed by atoms with E-state index in [0.717, 1.165) is 35.9 Å². The summed E-state index contributed by atoms with van der Waals surface area (Å²) in [4.78, 5) is 12.1. The molecule has 1 aromatic heterocycles. The van der Waals surface area contributed by atoms with Crippen LogP contribution in [0.2, 0.25) is 0 Å². The first-order valence-corrected chi connectivity index (χ1v) is 7.29. The standard InChI is InChI=1S/C16H21N3O2/c1-19-14-7-6-10(17)8-11(14)13(9-16(19)20)18-12-4-3-5-15(12)21-2/h6-9,12,15,18H,3-5,17H2,1-2H3/t12-,15+/m0/s1. The largest absolute Gasteiger partial charge is 0.399 e. The van der Waals surface area contributed by atoms with Gasteiger partial charge in [0, 0.05) is 37.0 Å². The molecule has 0 spiro atoms. The van der Waals surface area contributed by atoms with Crippen molar-refractivity contribution in [2.45, 2.75) is 31.4 Å². The van der Waals surface area contributed by atoms with E-state index in [1.165, 1.54) is 0 Å². The molecule has 0 unspecified atom stereocenters. The highest BCUT2D eigenvalue weighted by Crippen LogP contribution is 2.29. The summed E-state index contributed by atoms with van der Waals surface area (Å²) in [6.45, 7) is 0. The van der Waals surface area contributed by atoms with E-state index in [4.69, 9.17) is 10.5 Å². The van der Waals surface area contributed by atoms with E-state index < -0.39 is 0 Å². The van der Waals surface area contributed by atoms with Crippen LogP contribution in [0.1, 0.15) is 19.3 Å². The van der Waals surface area contributed by atoms with Gasteiger partial charge in [-0.05, 0) is 37.5 Å². The fraction of sp³-hybridized carbons (Fsp3) is 0.438. The molecule has 0 radical (unpaired) electrons. The predicted octanol–water partition coefficient (Wildman–Crippen LogP) is 2.10. The van der Waals surface area contributed by atoms with Crippen LogP contribution in [-0.2, 0) is 11.8 Å². The number of anilines is 2. The van der Waals surface area contributed by atoms with Crippen LogP contribution in [0.15, 0.2) is 29.1 Å². The predicted molar refractivity (Wildman–Crippen MR) is 85.7 cm³/mol. The number of methoxy groups -OCH3 is 1. The van der Waals surface area contributed by atoms with Crippen LogP contribution in [-0.4, -0.2) is 23.8 Å². The Morgan fingerprint density at radius 3 is 2.90 bits per heavy atom. The third kappa shape index (κ3) is 2.49. The summed E-state index contributed by atoms with van der Waals surface area (Å²) in [5, 5.41) is 4.46. The Kier molecular flexibility index (Phi) is 3.59. The van der Waals surface area contributed by atoms with Gasteiger partial charge < -0.3 is 20.4 Å². The number of nitrogens with one attached hydrogen (secondary N) is 1. The molecule has 1 fully saturated rings. The average Bonchev–Trinajstić information content (AvgIpc) is 2.91. The van der Waals surface area contributed by atoms with E-state index >= 15 is 0 Å². The molecule has 3 rings (SSSR count). The van der Waals surface area contributed by atoms with Crippen molar-refractivity contribution < 1.29 is 4.74 Å². The molecule has 5 nitrogen and oxygen atoms in total. The second-order valence-corrected chi connectivity index (χ2v) is 5.69. The summed E-state index contributed by atoms with van der Waals surface area (Å²) >= 11 is 0. The zero-order valence-electron chi connectivity index (χ0n) is 12.4. The molecule has 1 aliphatic rings. The fourth-order valence-corrected chi connectivity index (χ4v) is 3.17. The number of ether oxygens (including phenoxy) is 1. The van der Waals surface area contributed by atoms with Gasteiger partial charge in [0.15, 0.2) is 0 Å². The van der Waals surface area contributed by atoms with Gasteiger partial charge in [0.05, 0.1) is 17.7 Å². The molecule has 1 saturated carbocycles. The Hall–Kier alpha value is -2.01. The first-order chi connectivity index (χ1) is 10.1. The lowest BCUT2D eigenvalue weighted by atomic mass is 10.1. The lowest BCUT2D eigenvalue weighted by Gasteiger charge is -2.22. The molecular weight excluding hydrogens is 266 g/mol. The Bertz CT molecular complexity index is 723. The number of fused-ring (bicyclic) bond motifs is 1. The van der Waals surface area contributed by atoms with Crippen molar-refractivity contribution >= 4 is 22.3 Å². The summed E-state index contributed by atoms with van der Waals surface area (Å²) < 4.78 is 7.16. The highest BCUT2D eigenvalue weighted by molar-refractivity contribution is 5.93. The first-order valence-electron chi connectivity index (χ1n) is 7.29. The Morgan fingerprint density at radius 2 is 2.14 bits per heavy atom. The van der Waals surface area contributed by atoms with Crippen molar-refractivity contribution in [3.63, 3.8) is 0 Å². The van der Waals surface area contributed by atoms with Crippen molar-refractivity contribution in [1.82, 2.24) is 4.57 Å². The SMILES string of the molecule is CO[C@@H]1CCC[C@@H]1Nc1cc(=O)n(C)c2ccc(N)cc12. The maximum absolute atomic E-state index is 12.1. The third-order valence-corrected chi connectivity index (χ3v) is 4.37. The minimum atomic E-state index is -0.0262. The molecule has 2 aromatic rings. The molecule has 1 aromatic carbocycles. The van der Waals surface area contributed by atoms with Crippen LogP contribution in [0.3, 0.4) is 0 Å². The highest BCUT2D eigenvalue weighted by atomic mass is 16.5. The highest BCUT2D eigenvalue weighted by Gasteiger charge is 2.27. The van der Waals surface area contributed by atoms with E-state index in [2.05, 4.69) is 5.32 Å². The molecule has 3 N–H and O–H groups in total. The minimum Gasteiger partial charge on any atom is -0.399 e. The van der Waals surface area contributed by atoms with Gasteiger partial charge in [0.2, 0.25) is 0 Å². The number of nitrogen functional groups attached to an aromatic ring is 1. The average molecular weight is 287 g/mol. The number of rotatable bonds is 3.